The molecule has 7 heteroatoms. The van der Waals surface area contributed by atoms with E-state index in [1.807, 2.05) is 52.8 Å². The summed E-state index contributed by atoms with van der Waals surface area (Å²) in [5, 5.41) is 35.0. The van der Waals surface area contributed by atoms with Crippen LogP contribution in [0.2, 0.25) is 5.02 Å². The van der Waals surface area contributed by atoms with Gasteiger partial charge < -0.3 is 15.2 Å². The summed E-state index contributed by atoms with van der Waals surface area (Å²) < 4.78 is 4.59. The van der Waals surface area contributed by atoms with E-state index in [-0.39, 0.29) is 5.90 Å². The van der Waals surface area contributed by atoms with Crippen LogP contribution in [0.4, 0.5) is 5.69 Å². The lowest BCUT2D eigenvalue weighted by molar-refractivity contribution is 0.208. The first kappa shape index (κ1) is 29.3. The Labute approximate surface area is 185 Å². The number of aliphatic hydroxyl groups excluding tert-OH is 1. The normalized spacial score (nSPS) is 9.57. The van der Waals surface area contributed by atoms with Crippen molar-refractivity contribution in [1.29, 1.82) is 16.1 Å². The Balaban J connectivity index is 0. The van der Waals surface area contributed by atoms with E-state index in [4.69, 9.17) is 32.8 Å². The molecule has 4 N–H and O–H groups in total. The van der Waals surface area contributed by atoms with E-state index in [1.165, 1.54) is 0 Å². The van der Waals surface area contributed by atoms with Crippen LogP contribution in [-0.4, -0.2) is 30.1 Å². The molecule has 0 fully saturated rings. The van der Waals surface area contributed by atoms with Crippen LogP contribution in [0.15, 0.2) is 42.5 Å². The summed E-state index contributed by atoms with van der Waals surface area (Å²) >= 11 is 5.82. The maximum atomic E-state index is 9.04. The molecule has 6 nitrogen and oxygen atoms in total. The van der Waals surface area contributed by atoms with E-state index >= 15 is 0 Å². The van der Waals surface area contributed by atoms with Crippen LogP contribution >= 0.6 is 11.6 Å². The number of hydrogen-bond donors (Lipinski definition) is 4. The van der Waals surface area contributed by atoms with Gasteiger partial charge in [0.15, 0.2) is 6.40 Å². The second-order valence-corrected chi connectivity index (χ2v) is 5.87. The van der Waals surface area contributed by atoms with Gasteiger partial charge in [-0.25, -0.2) is 0 Å². The van der Waals surface area contributed by atoms with Crippen LogP contribution in [-0.2, 0) is 4.74 Å². The van der Waals surface area contributed by atoms with Crippen molar-refractivity contribution in [3.63, 3.8) is 0 Å². The monoisotopic (exact) mass is 432 g/mol. The second-order valence-electron chi connectivity index (χ2n) is 5.47. The van der Waals surface area contributed by atoms with Gasteiger partial charge in [0.05, 0.1) is 16.7 Å². The molecule has 2 aromatic carbocycles. The summed E-state index contributed by atoms with van der Waals surface area (Å²) in [7, 11) is 0. The molecule has 1 unspecified atom stereocenters. The predicted molar refractivity (Wildman–Crippen MR) is 127 cm³/mol. The largest absolute Gasteiger partial charge is 0.428 e. The maximum absolute atomic E-state index is 9.04. The van der Waals surface area contributed by atoms with E-state index in [1.54, 1.807) is 37.3 Å². The molecule has 30 heavy (non-hydrogen) atoms. The molecule has 164 valence electrons. The van der Waals surface area contributed by atoms with E-state index in [0.717, 1.165) is 17.7 Å². The van der Waals surface area contributed by atoms with Crippen molar-refractivity contribution in [2.24, 2.45) is 0 Å². The summed E-state index contributed by atoms with van der Waals surface area (Å²) in [6.45, 7) is 12.1. The summed E-state index contributed by atoms with van der Waals surface area (Å²) in [6.07, 6.45) is 0.340. The lowest BCUT2D eigenvalue weighted by Crippen LogP contribution is -2.15. The summed E-state index contributed by atoms with van der Waals surface area (Å²) in [5.74, 6) is 0.00463. The van der Waals surface area contributed by atoms with Gasteiger partial charge in [0.25, 0.3) is 0 Å². The lowest BCUT2D eigenvalue weighted by atomic mass is 10.1. The summed E-state index contributed by atoms with van der Waals surface area (Å²) in [6, 6.07) is 14.4. The van der Waals surface area contributed by atoms with Crippen LogP contribution in [0.5, 0.6) is 0 Å². The van der Waals surface area contributed by atoms with Crippen molar-refractivity contribution >= 4 is 29.6 Å². The zero-order valence-electron chi connectivity index (χ0n) is 18.6. The third-order valence-electron chi connectivity index (χ3n) is 3.18. The quantitative estimate of drug-likeness (QED) is 0.342. The molecule has 0 aromatic heterocycles. The van der Waals surface area contributed by atoms with Gasteiger partial charge in [-0.05, 0) is 44.2 Å². The van der Waals surface area contributed by atoms with E-state index < -0.39 is 6.10 Å². The lowest BCUT2D eigenvalue weighted by Gasteiger charge is -2.08. The van der Waals surface area contributed by atoms with E-state index in [2.05, 4.69) is 10.1 Å². The van der Waals surface area contributed by atoms with E-state index in [9.17, 15) is 0 Å². The number of nitriles is 1. The number of nitrogens with zero attached hydrogens (tertiary/aromatic N) is 1. The van der Waals surface area contributed by atoms with Gasteiger partial charge in [-0.1, -0.05) is 57.0 Å². The van der Waals surface area contributed by atoms with Gasteiger partial charge in [0.2, 0.25) is 5.90 Å². The molecular weight excluding hydrogens is 400 g/mol. The Morgan fingerprint density at radius 1 is 1.20 bits per heavy atom. The minimum Gasteiger partial charge on any atom is -0.428 e. The number of aliphatic hydroxyl groups is 1. The number of ether oxygens (including phenoxy) is 1. The molecule has 0 saturated heterocycles. The fraction of sp³-hybridized carbons (Fsp3) is 0.348. The van der Waals surface area contributed by atoms with Gasteiger partial charge in [-0.3, -0.25) is 10.8 Å². The number of halogens is 1. The minimum absolute atomic E-state index is 0.00463. The van der Waals surface area contributed by atoms with Crippen molar-refractivity contribution in [3.8, 4) is 6.07 Å². The van der Waals surface area contributed by atoms with Crippen molar-refractivity contribution < 1.29 is 9.84 Å². The topological polar surface area (TPSA) is 113 Å². The molecule has 0 aliphatic heterocycles. The Hall–Kier alpha value is -2.88. The maximum Gasteiger partial charge on any atom is 0.220 e. The van der Waals surface area contributed by atoms with Gasteiger partial charge >= 0.3 is 0 Å². The predicted octanol–water partition coefficient (Wildman–Crippen LogP) is 6.00. The molecule has 2 rings (SSSR count). The molecule has 0 spiro atoms. The minimum atomic E-state index is -0.413. The third kappa shape index (κ3) is 12.6. The van der Waals surface area contributed by atoms with Crippen LogP contribution in [0.1, 0.15) is 51.3 Å². The van der Waals surface area contributed by atoms with Crippen LogP contribution in [0, 0.1) is 29.1 Å². The first-order chi connectivity index (χ1) is 14.4. The standard InChI is InChI=1S/C10H11ClN2O.C9H10N2O.2C2H6/c1-7(14)6-13-9-3-2-8(5-12)10(11)4-9;1-7-2-4-8(5-3-7)9(11)12-6-10;2*1-2/h2-4,7,13-14H,6H2,1H3;2-6,10-11H,1H3;2*1-2H3. The summed E-state index contributed by atoms with van der Waals surface area (Å²) in [5.41, 5.74) is 3.08. The molecular formula is C23H33ClN4O2. The number of anilines is 1. The first-order valence-corrected chi connectivity index (χ1v) is 10.2. The van der Waals surface area contributed by atoms with Gasteiger partial charge in [0.1, 0.15) is 6.07 Å². The molecule has 0 aliphatic rings. The van der Waals surface area contributed by atoms with Crippen molar-refractivity contribution in [2.75, 3.05) is 11.9 Å². The molecule has 0 bridgehead atoms. The van der Waals surface area contributed by atoms with Crippen molar-refractivity contribution in [1.82, 2.24) is 0 Å². The highest BCUT2D eigenvalue weighted by atomic mass is 35.5. The molecule has 1 atom stereocenters. The molecule has 0 heterocycles. The van der Waals surface area contributed by atoms with E-state index in [0.29, 0.717) is 22.7 Å². The number of nitrogens with one attached hydrogen (secondary N) is 3. The Bertz CT molecular complexity index is 785. The van der Waals surface area contributed by atoms with Crippen molar-refractivity contribution in [3.05, 3.63) is 64.2 Å². The smallest absolute Gasteiger partial charge is 0.220 e. The Kier molecular flexibility index (Phi) is 17.8. The van der Waals surface area contributed by atoms with Crippen LogP contribution in [0.3, 0.4) is 0 Å². The fourth-order valence-corrected chi connectivity index (χ4v) is 2.04. The van der Waals surface area contributed by atoms with Gasteiger partial charge in [-0.15, -0.1) is 0 Å². The number of hydrogen-bond acceptors (Lipinski definition) is 6. The highest BCUT2D eigenvalue weighted by Crippen LogP contribution is 2.19. The fourth-order valence-electron chi connectivity index (χ4n) is 1.81. The number of rotatable bonds is 5. The molecule has 0 amide bonds. The SMILES string of the molecule is CC.CC.CC(O)CNc1ccc(C#N)c(Cl)c1.Cc1ccc(C(=N)OC=N)cc1. The zero-order chi connectivity index (χ0) is 23.5. The highest BCUT2D eigenvalue weighted by Gasteiger charge is 2.01. The molecule has 0 radical (unpaired) electrons. The number of benzene rings is 2. The van der Waals surface area contributed by atoms with Gasteiger partial charge in [0, 0.05) is 17.8 Å². The third-order valence-corrected chi connectivity index (χ3v) is 3.49. The van der Waals surface area contributed by atoms with Crippen LogP contribution < -0.4 is 5.32 Å². The Morgan fingerprint density at radius 3 is 2.20 bits per heavy atom. The molecule has 0 saturated carbocycles. The average molecular weight is 433 g/mol. The number of aryl methyl sites for hydroxylation is 1. The average Bonchev–Trinajstić information content (AvgIpc) is 2.76. The molecule has 0 aliphatic carbocycles. The first-order valence-electron chi connectivity index (χ1n) is 9.80. The van der Waals surface area contributed by atoms with Crippen LogP contribution in [0.25, 0.3) is 0 Å². The highest BCUT2D eigenvalue weighted by molar-refractivity contribution is 6.32. The Morgan fingerprint density at radius 2 is 1.77 bits per heavy atom. The summed E-state index contributed by atoms with van der Waals surface area (Å²) in [4.78, 5) is 0. The van der Waals surface area contributed by atoms with Gasteiger partial charge in [-0.2, -0.15) is 5.26 Å². The van der Waals surface area contributed by atoms with Crippen molar-refractivity contribution in [2.45, 2.75) is 47.6 Å². The second kappa shape index (κ2) is 18.2. The molecule has 2 aromatic rings. The zero-order valence-corrected chi connectivity index (χ0v) is 19.3.